The lowest BCUT2D eigenvalue weighted by atomic mass is 10.1. The van der Waals surface area contributed by atoms with E-state index in [0.29, 0.717) is 0 Å². The van der Waals surface area contributed by atoms with E-state index in [-0.39, 0.29) is 28.3 Å². The van der Waals surface area contributed by atoms with E-state index in [0.717, 1.165) is 0 Å². The SMILES string of the molecule is Cn1c(Cl)nnc1CS(=O)(=O)C1=NOC(C)(C)C1. The molecule has 2 rings (SSSR count). The number of aromatic nitrogens is 3. The van der Waals surface area contributed by atoms with Gasteiger partial charge in [-0.3, -0.25) is 0 Å². The molecule has 1 aromatic rings. The molecule has 0 unspecified atom stereocenters. The third-order valence-electron chi connectivity index (χ3n) is 2.56. The predicted octanol–water partition coefficient (Wildman–Crippen LogP) is 0.896. The summed E-state index contributed by atoms with van der Waals surface area (Å²) in [4.78, 5) is 5.05. The molecule has 0 saturated heterocycles. The van der Waals surface area contributed by atoms with Crippen LogP contribution >= 0.6 is 11.6 Å². The Labute approximate surface area is 110 Å². The van der Waals surface area contributed by atoms with Crippen molar-refractivity contribution in [2.24, 2.45) is 12.2 Å². The summed E-state index contributed by atoms with van der Waals surface area (Å²) < 4.78 is 25.7. The van der Waals surface area contributed by atoms with Crippen molar-refractivity contribution in [2.75, 3.05) is 0 Å². The third kappa shape index (κ3) is 2.49. The van der Waals surface area contributed by atoms with E-state index >= 15 is 0 Å². The molecule has 2 heterocycles. The smallest absolute Gasteiger partial charge is 0.224 e. The molecular formula is C9H13ClN4O3S. The molecule has 0 fully saturated rings. The second-order valence-corrected chi connectivity index (χ2v) is 7.04. The molecule has 1 aromatic heterocycles. The summed E-state index contributed by atoms with van der Waals surface area (Å²) in [7, 11) is -1.95. The van der Waals surface area contributed by atoms with Crippen molar-refractivity contribution in [3.8, 4) is 0 Å². The van der Waals surface area contributed by atoms with Crippen LogP contribution in [0, 0.1) is 0 Å². The summed E-state index contributed by atoms with van der Waals surface area (Å²) in [5.41, 5.74) is -0.583. The molecule has 0 saturated carbocycles. The van der Waals surface area contributed by atoms with Crippen LogP contribution in [-0.4, -0.2) is 33.8 Å². The maximum atomic E-state index is 12.1. The molecule has 0 amide bonds. The van der Waals surface area contributed by atoms with Gasteiger partial charge in [-0.25, -0.2) is 8.42 Å². The molecule has 0 aromatic carbocycles. The van der Waals surface area contributed by atoms with Crippen LogP contribution in [0.15, 0.2) is 5.16 Å². The summed E-state index contributed by atoms with van der Waals surface area (Å²) in [5.74, 6) is -0.0194. The third-order valence-corrected chi connectivity index (χ3v) is 4.47. The lowest BCUT2D eigenvalue weighted by Crippen LogP contribution is -2.24. The summed E-state index contributed by atoms with van der Waals surface area (Å²) in [5, 5.41) is 11.1. The van der Waals surface area contributed by atoms with Crippen molar-refractivity contribution < 1.29 is 13.3 Å². The van der Waals surface area contributed by atoms with Gasteiger partial charge in [-0.15, -0.1) is 10.2 Å². The molecule has 100 valence electrons. The van der Waals surface area contributed by atoms with Gasteiger partial charge in [0, 0.05) is 13.5 Å². The van der Waals surface area contributed by atoms with Crippen molar-refractivity contribution in [3.05, 3.63) is 11.1 Å². The number of oxime groups is 1. The molecule has 1 aliphatic rings. The molecule has 0 atom stereocenters. The highest BCUT2D eigenvalue weighted by atomic mass is 35.5. The Bertz CT molecular complexity index is 605. The van der Waals surface area contributed by atoms with Gasteiger partial charge in [-0.1, -0.05) is 5.16 Å². The molecule has 0 aliphatic carbocycles. The summed E-state index contributed by atoms with van der Waals surface area (Å²) in [6.45, 7) is 3.55. The zero-order chi connectivity index (χ0) is 13.6. The molecular weight excluding hydrogens is 280 g/mol. The van der Waals surface area contributed by atoms with Gasteiger partial charge in [0.25, 0.3) is 0 Å². The zero-order valence-electron chi connectivity index (χ0n) is 10.2. The molecule has 7 nitrogen and oxygen atoms in total. The largest absolute Gasteiger partial charge is 0.389 e. The molecule has 18 heavy (non-hydrogen) atoms. The highest BCUT2D eigenvalue weighted by Crippen LogP contribution is 2.26. The molecule has 0 spiro atoms. The van der Waals surface area contributed by atoms with Crippen LogP contribution in [0.4, 0.5) is 0 Å². The molecule has 0 radical (unpaired) electrons. The number of nitrogens with zero attached hydrogens (tertiary/aromatic N) is 4. The van der Waals surface area contributed by atoms with Crippen molar-refractivity contribution in [1.29, 1.82) is 0 Å². The first kappa shape index (κ1) is 13.3. The van der Waals surface area contributed by atoms with E-state index in [2.05, 4.69) is 15.4 Å². The fraction of sp³-hybridized carbons (Fsp3) is 0.667. The van der Waals surface area contributed by atoms with Gasteiger partial charge in [-0.2, -0.15) is 0 Å². The Balaban J connectivity index is 2.22. The maximum absolute atomic E-state index is 12.1. The van der Waals surface area contributed by atoms with Gasteiger partial charge in [0.1, 0.15) is 17.2 Å². The fourth-order valence-electron chi connectivity index (χ4n) is 1.49. The van der Waals surface area contributed by atoms with Gasteiger partial charge in [0.15, 0.2) is 5.04 Å². The normalized spacial score (nSPS) is 18.6. The van der Waals surface area contributed by atoms with Gasteiger partial charge in [0.05, 0.1) is 0 Å². The first-order valence-electron chi connectivity index (χ1n) is 5.23. The van der Waals surface area contributed by atoms with Gasteiger partial charge in [-0.05, 0) is 25.4 Å². The Kier molecular flexibility index (Phi) is 3.10. The average molecular weight is 293 g/mol. The van der Waals surface area contributed by atoms with Gasteiger partial charge >= 0.3 is 0 Å². The van der Waals surface area contributed by atoms with Crippen LogP contribution in [0.5, 0.6) is 0 Å². The molecule has 9 heteroatoms. The maximum Gasteiger partial charge on any atom is 0.224 e. The minimum atomic E-state index is -3.55. The molecule has 0 N–H and O–H groups in total. The van der Waals surface area contributed by atoms with Crippen molar-refractivity contribution in [1.82, 2.24) is 14.8 Å². The number of rotatable bonds is 2. The Morgan fingerprint density at radius 3 is 2.56 bits per heavy atom. The van der Waals surface area contributed by atoms with Crippen LogP contribution in [0.25, 0.3) is 0 Å². The monoisotopic (exact) mass is 292 g/mol. The van der Waals surface area contributed by atoms with Crippen LogP contribution < -0.4 is 0 Å². The second-order valence-electron chi connectivity index (χ2n) is 4.72. The van der Waals surface area contributed by atoms with E-state index in [1.807, 2.05) is 0 Å². The standard InChI is InChI=1S/C9H13ClN4O3S/c1-9(2)4-7(13-17-9)18(15,16)5-6-11-12-8(10)14(6)3/h4-5H2,1-3H3. The number of sulfone groups is 1. The minimum Gasteiger partial charge on any atom is -0.389 e. The fourth-order valence-corrected chi connectivity index (χ4v) is 3.10. The first-order valence-corrected chi connectivity index (χ1v) is 7.26. The Morgan fingerprint density at radius 2 is 2.11 bits per heavy atom. The van der Waals surface area contributed by atoms with Crippen LogP contribution in [0.1, 0.15) is 26.1 Å². The number of halogens is 1. The Morgan fingerprint density at radius 1 is 1.44 bits per heavy atom. The summed E-state index contributed by atoms with van der Waals surface area (Å²) >= 11 is 5.70. The van der Waals surface area contributed by atoms with Crippen molar-refractivity contribution >= 4 is 26.5 Å². The lowest BCUT2D eigenvalue weighted by molar-refractivity contribution is 0.0123. The molecule has 1 aliphatic heterocycles. The second kappa shape index (κ2) is 4.20. The highest BCUT2D eigenvalue weighted by Gasteiger charge is 2.36. The quantitative estimate of drug-likeness (QED) is 0.808. The summed E-state index contributed by atoms with van der Waals surface area (Å²) in [6.07, 6.45) is 0.251. The zero-order valence-corrected chi connectivity index (χ0v) is 11.8. The van der Waals surface area contributed by atoms with E-state index in [9.17, 15) is 8.42 Å². The first-order chi connectivity index (χ1) is 8.21. The topological polar surface area (TPSA) is 86.4 Å². The van der Waals surface area contributed by atoms with E-state index < -0.39 is 15.4 Å². The van der Waals surface area contributed by atoms with Gasteiger partial charge in [0.2, 0.25) is 15.1 Å². The highest BCUT2D eigenvalue weighted by molar-refractivity contribution is 8.05. The predicted molar refractivity (Wildman–Crippen MR) is 65.9 cm³/mol. The van der Waals surface area contributed by atoms with Gasteiger partial charge < -0.3 is 9.40 Å². The number of hydrogen-bond donors (Lipinski definition) is 0. The van der Waals surface area contributed by atoms with Crippen molar-refractivity contribution in [2.45, 2.75) is 31.6 Å². The molecule has 0 bridgehead atoms. The van der Waals surface area contributed by atoms with E-state index in [1.165, 1.54) is 4.57 Å². The van der Waals surface area contributed by atoms with Crippen LogP contribution in [-0.2, 0) is 27.5 Å². The lowest BCUT2D eigenvalue weighted by Gasteiger charge is -2.13. The minimum absolute atomic E-state index is 0.0339. The Hall–Kier alpha value is -1.15. The summed E-state index contributed by atoms with van der Waals surface area (Å²) in [6, 6.07) is 0. The van der Waals surface area contributed by atoms with Crippen LogP contribution in [0.3, 0.4) is 0 Å². The average Bonchev–Trinajstić information content (AvgIpc) is 2.76. The van der Waals surface area contributed by atoms with E-state index in [1.54, 1.807) is 20.9 Å². The number of hydrogen-bond acceptors (Lipinski definition) is 6. The van der Waals surface area contributed by atoms with Crippen LogP contribution in [0.2, 0.25) is 5.28 Å². The van der Waals surface area contributed by atoms with Crippen molar-refractivity contribution in [3.63, 3.8) is 0 Å². The van der Waals surface area contributed by atoms with E-state index in [4.69, 9.17) is 16.4 Å².